The standard InChI is InChI=1S/C9H11ClFNO2S/c1-6(10)4-7-2-3-8(5-9(7)11)15(12,13)14/h2-3,5-6H,4H2,1H3,(H2,12,13,14). The summed E-state index contributed by atoms with van der Waals surface area (Å²) in [4.78, 5) is -0.231. The molecule has 0 fully saturated rings. The summed E-state index contributed by atoms with van der Waals surface area (Å²) in [6, 6.07) is 3.56. The van der Waals surface area contributed by atoms with Crippen LogP contribution in [0.2, 0.25) is 0 Å². The summed E-state index contributed by atoms with van der Waals surface area (Å²) in [7, 11) is -3.84. The van der Waals surface area contributed by atoms with E-state index in [1.165, 1.54) is 12.1 Å². The lowest BCUT2D eigenvalue weighted by atomic mass is 10.1. The van der Waals surface area contributed by atoms with Gasteiger partial charge in [0.05, 0.1) is 4.90 Å². The maximum Gasteiger partial charge on any atom is 0.238 e. The average molecular weight is 252 g/mol. The van der Waals surface area contributed by atoms with Crippen LogP contribution < -0.4 is 5.14 Å². The van der Waals surface area contributed by atoms with Gasteiger partial charge in [0.15, 0.2) is 0 Å². The molecule has 0 radical (unpaired) electrons. The second kappa shape index (κ2) is 4.47. The Labute approximate surface area is 93.1 Å². The average Bonchev–Trinajstić information content (AvgIpc) is 2.05. The van der Waals surface area contributed by atoms with E-state index < -0.39 is 15.8 Å². The van der Waals surface area contributed by atoms with Crippen molar-refractivity contribution in [3.63, 3.8) is 0 Å². The molecule has 0 saturated heterocycles. The van der Waals surface area contributed by atoms with Gasteiger partial charge in [-0.3, -0.25) is 0 Å². The van der Waals surface area contributed by atoms with Gasteiger partial charge in [-0.05, 0) is 31.0 Å². The molecule has 0 heterocycles. The van der Waals surface area contributed by atoms with E-state index >= 15 is 0 Å². The molecule has 2 N–H and O–H groups in total. The molecule has 3 nitrogen and oxygen atoms in total. The van der Waals surface area contributed by atoms with E-state index in [0.717, 1.165) is 6.07 Å². The third-order valence-electron chi connectivity index (χ3n) is 1.85. The van der Waals surface area contributed by atoms with Gasteiger partial charge >= 0.3 is 0 Å². The van der Waals surface area contributed by atoms with E-state index in [-0.39, 0.29) is 10.3 Å². The van der Waals surface area contributed by atoms with Gasteiger partial charge in [0, 0.05) is 5.38 Å². The maximum absolute atomic E-state index is 13.4. The van der Waals surface area contributed by atoms with Crippen molar-refractivity contribution in [2.45, 2.75) is 23.6 Å². The zero-order chi connectivity index (χ0) is 11.6. The predicted molar refractivity (Wildman–Crippen MR) is 56.8 cm³/mol. The number of alkyl halides is 1. The van der Waals surface area contributed by atoms with Gasteiger partial charge in [-0.1, -0.05) is 6.07 Å². The zero-order valence-electron chi connectivity index (χ0n) is 8.07. The van der Waals surface area contributed by atoms with Crippen LogP contribution in [0.4, 0.5) is 4.39 Å². The van der Waals surface area contributed by atoms with E-state index in [2.05, 4.69) is 0 Å². The number of halogens is 2. The van der Waals surface area contributed by atoms with Crippen LogP contribution in [0.15, 0.2) is 23.1 Å². The van der Waals surface area contributed by atoms with Crippen molar-refractivity contribution in [1.29, 1.82) is 0 Å². The summed E-state index contributed by atoms with van der Waals surface area (Å²) in [5.41, 5.74) is 0.380. The highest BCUT2D eigenvalue weighted by molar-refractivity contribution is 7.89. The second-order valence-corrected chi connectivity index (χ2v) is 5.59. The van der Waals surface area contributed by atoms with Gasteiger partial charge in [0.2, 0.25) is 10.0 Å². The SMILES string of the molecule is CC(Cl)Cc1ccc(S(N)(=O)=O)cc1F. The summed E-state index contributed by atoms with van der Waals surface area (Å²) in [5, 5.41) is 4.65. The first-order chi connectivity index (χ1) is 6.80. The van der Waals surface area contributed by atoms with Gasteiger partial charge in [0.25, 0.3) is 0 Å². The lowest BCUT2D eigenvalue weighted by Gasteiger charge is -2.06. The maximum atomic E-state index is 13.4. The van der Waals surface area contributed by atoms with E-state index in [1.807, 2.05) is 0 Å². The topological polar surface area (TPSA) is 60.2 Å². The van der Waals surface area contributed by atoms with Crippen LogP contribution in [0.1, 0.15) is 12.5 Å². The summed E-state index contributed by atoms with van der Waals surface area (Å²) < 4.78 is 35.2. The number of rotatable bonds is 3. The van der Waals surface area contributed by atoms with Crippen LogP contribution in [0.5, 0.6) is 0 Å². The highest BCUT2D eigenvalue weighted by Gasteiger charge is 2.12. The first-order valence-corrected chi connectivity index (χ1v) is 6.24. The van der Waals surface area contributed by atoms with Crippen LogP contribution in [0.3, 0.4) is 0 Å². The minimum absolute atomic E-state index is 0.208. The predicted octanol–water partition coefficient (Wildman–Crippen LogP) is 1.64. The van der Waals surface area contributed by atoms with Crippen molar-refractivity contribution in [2.75, 3.05) is 0 Å². The zero-order valence-corrected chi connectivity index (χ0v) is 9.65. The molecule has 1 atom stereocenters. The van der Waals surface area contributed by atoms with Crippen LogP contribution in [0, 0.1) is 5.82 Å². The number of nitrogens with two attached hydrogens (primary N) is 1. The molecule has 0 saturated carbocycles. The number of sulfonamides is 1. The monoisotopic (exact) mass is 251 g/mol. The highest BCUT2D eigenvalue weighted by atomic mass is 35.5. The Morgan fingerprint density at radius 3 is 2.53 bits per heavy atom. The van der Waals surface area contributed by atoms with E-state index in [1.54, 1.807) is 6.92 Å². The normalized spacial score (nSPS) is 13.9. The Kier molecular flexibility index (Phi) is 3.70. The third-order valence-corrected chi connectivity index (χ3v) is 2.92. The summed E-state index contributed by atoms with van der Waals surface area (Å²) in [6.45, 7) is 1.73. The molecule has 0 bridgehead atoms. The van der Waals surface area contributed by atoms with Gasteiger partial charge in [-0.25, -0.2) is 17.9 Å². The van der Waals surface area contributed by atoms with Crippen molar-refractivity contribution in [3.8, 4) is 0 Å². The summed E-state index contributed by atoms with van der Waals surface area (Å²) >= 11 is 5.70. The van der Waals surface area contributed by atoms with Crippen molar-refractivity contribution in [1.82, 2.24) is 0 Å². The molecular formula is C9H11ClFNO2S. The van der Waals surface area contributed by atoms with Crippen molar-refractivity contribution in [3.05, 3.63) is 29.6 Å². The van der Waals surface area contributed by atoms with Gasteiger partial charge in [0.1, 0.15) is 5.82 Å². The molecule has 84 valence electrons. The van der Waals surface area contributed by atoms with E-state index in [4.69, 9.17) is 16.7 Å². The summed E-state index contributed by atoms with van der Waals surface area (Å²) in [5.74, 6) is -0.603. The molecule has 1 aromatic rings. The Morgan fingerprint density at radius 1 is 1.53 bits per heavy atom. The molecule has 1 aromatic carbocycles. The lowest BCUT2D eigenvalue weighted by Crippen LogP contribution is -2.13. The molecule has 1 rings (SSSR count). The van der Waals surface area contributed by atoms with Gasteiger partial charge < -0.3 is 0 Å². The smallest absolute Gasteiger partial charge is 0.225 e. The van der Waals surface area contributed by atoms with Crippen LogP contribution in [-0.4, -0.2) is 13.8 Å². The molecule has 0 aromatic heterocycles. The second-order valence-electron chi connectivity index (χ2n) is 3.28. The molecule has 6 heteroatoms. The molecule has 0 amide bonds. The first-order valence-electron chi connectivity index (χ1n) is 4.26. The Balaban J connectivity index is 3.09. The molecule has 0 aliphatic rings. The third kappa shape index (κ3) is 3.44. The van der Waals surface area contributed by atoms with Gasteiger partial charge in [-0.15, -0.1) is 11.6 Å². The van der Waals surface area contributed by atoms with Crippen LogP contribution in [-0.2, 0) is 16.4 Å². The Morgan fingerprint density at radius 2 is 2.13 bits per heavy atom. The van der Waals surface area contributed by atoms with Crippen LogP contribution >= 0.6 is 11.6 Å². The summed E-state index contributed by atoms with van der Waals surface area (Å²) in [6.07, 6.45) is 0.346. The quantitative estimate of drug-likeness (QED) is 0.831. The molecule has 0 spiro atoms. The van der Waals surface area contributed by atoms with Crippen molar-refractivity contribution >= 4 is 21.6 Å². The fraction of sp³-hybridized carbons (Fsp3) is 0.333. The molecule has 1 unspecified atom stereocenters. The first kappa shape index (κ1) is 12.4. The number of primary sulfonamides is 1. The van der Waals surface area contributed by atoms with E-state index in [0.29, 0.717) is 12.0 Å². The van der Waals surface area contributed by atoms with Gasteiger partial charge in [-0.2, -0.15) is 0 Å². The minimum Gasteiger partial charge on any atom is -0.225 e. The van der Waals surface area contributed by atoms with E-state index in [9.17, 15) is 12.8 Å². The largest absolute Gasteiger partial charge is 0.238 e. The molecule has 0 aliphatic heterocycles. The molecule has 0 aliphatic carbocycles. The number of benzene rings is 1. The fourth-order valence-corrected chi connectivity index (χ4v) is 1.87. The number of hydrogen-bond donors (Lipinski definition) is 1. The lowest BCUT2D eigenvalue weighted by molar-refractivity contribution is 0.587. The van der Waals surface area contributed by atoms with Crippen molar-refractivity contribution in [2.24, 2.45) is 5.14 Å². The van der Waals surface area contributed by atoms with Crippen LogP contribution in [0.25, 0.3) is 0 Å². The Bertz CT molecular complexity index is 459. The molecular weight excluding hydrogens is 241 g/mol. The fourth-order valence-electron chi connectivity index (χ4n) is 1.17. The highest BCUT2D eigenvalue weighted by Crippen LogP contribution is 2.16. The molecule has 15 heavy (non-hydrogen) atoms. The van der Waals surface area contributed by atoms with Crippen molar-refractivity contribution < 1.29 is 12.8 Å². The Hall–Kier alpha value is -0.650. The minimum atomic E-state index is -3.84. The number of hydrogen-bond acceptors (Lipinski definition) is 2.